The van der Waals surface area contributed by atoms with E-state index in [2.05, 4.69) is 10.2 Å². The van der Waals surface area contributed by atoms with Gasteiger partial charge in [0, 0.05) is 44.0 Å². The number of carbonyl (C=O) groups is 1. The van der Waals surface area contributed by atoms with E-state index >= 15 is 0 Å². The second kappa shape index (κ2) is 10.0. The Morgan fingerprint density at radius 2 is 1.74 bits per heavy atom. The molecule has 0 unspecified atom stereocenters. The molecule has 166 valence electrons. The van der Waals surface area contributed by atoms with Crippen molar-refractivity contribution in [3.05, 3.63) is 51.0 Å². The molecule has 0 aromatic heterocycles. The van der Waals surface area contributed by atoms with Gasteiger partial charge in [0.15, 0.2) is 0 Å². The van der Waals surface area contributed by atoms with Crippen molar-refractivity contribution in [2.24, 2.45) is 0 Å². The largest absolute Gasteiger partial charge is 0.366 e. The molecule has 7 nitrogen and oxygen atoms in total. The summed E-state index contributed by atoms with van der Waals surface area (Å²) < 4.78 is 0. The molecule has 2 aliphatic rings. The Morgan fingerprint density at radius 1 is 1.03 bits per heavy atom. The number of nitro groups is 1. The van der Waals surface area contributed by atoms with Crippen molar-refractivity contribution in [1.82, 2.24) is 0 Å². The van der Waals surface area contributed by atoms with Crippen LogP contribution in [-0.2, 0) is 11.2 Å². The van der Waals surface area contributed by atoms with Gasteiger partial charge >= 0.3 is 0 Å². The number of anilines is 4. The average molecular weight is 445 g/mol. The predicted molar refractivity (Wildman–Crippen MR) is 127 cm³/mol. The number of hydrogen-bond acceptors (Lipinski definition) is 5. The number of nitrogens with zero attached hydrogens (tertiary/aromatic N) is 3. The van der Waals surface area contributed by atoms with E-state index in [4.69, 9.17) is 11.6 Å². The standard InChI is InChI=1S/C21H23ClN4O3.C2H6/c1-24-18-7-6-15(11-14(18)5-8-21(24)27)23-17-13-19(25-9-3-2-4-10-25)20(26(28)29)12-16(17)22;1-2/h6-7,11-13,23H,2-5,8-10H2,1H3;1-2H3. The first-order valence-electron chi connectivity index (χ1n) is 10.8. The van der Waals surface area contributed by atoms with Gasteiger partial charge in [-0.2, -0.15) is 0 Å². The lowest BCUT2D eigenvalue weighted by atomic mass is 10.0. The number of piperidine rings is 1. The number of nitro benzene ring substituents is 1. The fourth-order valence-electron chi connectivity index (χ4n) is 4.07. The highest BCUT2D eigenvalue weighted by atomic mass is 35.5. The van der Waals surface area contributed by atoms with Gasteiger partial charge in [0.05, 0.1) is 15.6 Å². The van der Waals surface area contributed by atoms with E-state index in [0.29, 0.717) is 29.2 Å². The predicted octanol–water partition coefficient (Wildman–Crippen LogP) is 5.92. The highest BCUT2D eigenvalue weighted by molar-refractivity contribution is 6.33. The maximum atomic E-state index is 11.9. The normalized spacial score (nSPS) is 15.7. The Bertz CT molecular complexity index is 974. The molecule has 0 atom stereocenters. The van der Waals surface area contributed by atoms with Gasteiger partial charge in [-0.05, 0) is 55.5 Å². The third-order valence-corrected chi connectivity index (χ3v) is 5.97. The summed E-state index contributed by atoms with van der Waals surface area (Å²) >= 11 is 6.38. The molecule has 4 rings (SSSR count). The smallest absolute Gasteiger partial charge is 0.294 e. The number of hydrogen-bond donors (Lipinski definition) is 1. The second-order valence-corrected chi connectivity index (χ2v) is 7.95. The van der Waals surface area contributed by atoms with Crippen LogP contribution in [0.2, 0.25) is 5.02 Å². The molecule has 2 heterocycles. The van der Waals surface area contributed by atoms with Gasteiger partial charge in [0.2, 0.25) is 5.91 Å². The maximum Gasteiger partial charge on any atom is 0.294 e. The highest BCUT2D eigenvalue weighted by Crippen LogP contribution is 2.39. The van der Waals surface area contributed by atoms with E-state index < -0.39 is 0 Å². The summed E-state index contributed by atoms with van der Waals surface area (Å²) in [6, 6.07) is 9.03. The molecule has 1 saturated heterocycles. The Balaban J connectivity index is 0.00000132. The molecule has 0 bridgehead atoms. The first-order chi connectivity index (χ1) is 14.9. The van der Waals surface area contributed by atoms with E-state index in [1.54, 1.807) is 18.0 Å². The zero-order valence-corrected chi connectivity index (χ0v) is 19.0. The number of halogens is 1. The van der Waals surface area contributed by atoms with Gasteiger partial charge in [0.1, 0.15) is 5.69 Å². The Hall–Kier alpha value is -2.80. The minimum atomic E-state index is -0.370. The minimum absolute atomic E-state index is 0.0352. The molecule has 31 heavy (non-hydrogen) atoms. The van der Waals surface area contributed by atoms with Crippen molar-refractivity contribution in [2.75, 3.05) is 35.3 Å². The molecule has 2 aromatic rings. The zero-order chi connectivity index (χ0) is 22.5. The highest BCUT2D eigenvalue weighted by Gasteiger charge is 2.24. The first-order valence-corrected chi connectivity index (χ1v) is 11.2. The molecule has 2 aromatic carbocycles. The van der Waals surface area contributed by atoms with Crippen molar-refractivity contribution in [3.63, 3.8) is 0 Å². The number of rotatable bonds is 4. The number of benzene rings is 2. The Labute approximate surface area is 188 Å². The van der Waals surface area contributed by atoms with Crippen LogP contribution in [-0.4, -0.2) is 31.0 Å². The van der Waals surface area contributed by atoms with E-state index in [-0.39, 0.29) is 16.5 Å². The molecule has 2 aliphatic heterocycles. The van der Waals surface area contributed by atoms with Crippen LogP contribution in [0.4, 0.5) is 28.4 Å². The van der Waals surface area contributed by atoms with Gasteiger partial charge in [-0.3, -0.25) is 14.9 Å². The lowest BCUT2D eigenvalue weighted by molar-refractivity contribution is -0.384. The number of carbonyl (C=O) groups excluding carboxylic acids is 1. The monoisotopic (exact) mass is 444 g/mol. The fraction of sp³-hybridized carbons (Fsp3) is 0.435. The van der Waals surface area contributed by atoms with E-state index in [9.17, 15) is 14.9 Å². The Kier molecular flexibility index (Phi) is 7.38. The summed E-state index contributed by atoms with van der Waals surface area (Å²) in [4.78, 5) is 26.8. The summed E-state index contributed by atoms with van der Waals surface area (Å²) in [5, 5.41) is 15.2. The molecular weight excluding hydrogens is 416 g/mol. The molecule has 1 N–H and O–H groups in total. The van der Waals surface area contributed by atoms with Crippen LogP contribution < -0.4 is 15.1 Å². The molecule has 0 aliphatic carbocycles. The van der Waals surface area contributed by atoms with Crippen LogP contribution in [0.1, 0.15) is 45.1 Å². The summed E-state index contributed by atoms with van der Waals surface area (Å²) in [6.07, 6.45) is 4.39. The number of amides is 1. The van der Waals surface area contributed by atoms with Crippen molar-refractivity contribution in [2.45, 2.75) is 46.0 Å². The zero-order valence-electron chi connectivity index (χ0n) is 18.3. The molecule has 0 saturated carbocycles. The third-order valence-electron chi connectivity index (χ3n) is 5.66. The van der Waals surface area contributed by atoms with Gasteiger partial charge in [0.25, 0.3) is 5.69 Å². The van der Waals surface area contributed by atoms with Crippen LogP contribution in [0.3, 0.4) is 0 Å². The van der Waals surface area contributed by atoms with Gasteiger partial charge in [-0.15, -0.1) is 0 Å². The number of nitrogens with one attached hydrogen (secondary N) is 1. The average Bonchev–Trinajstić information content (AvgIpc) is 2.79. The van der Waals surface area contributed by atoms with E-state index in [1.165, 1.54) is 6.07 Å². The molecule has 8 heteroatoms. The quantitative estimate of drug-likeness (QED) is 0.468. The molecule has 1 fully saturated rings. The Morgan fingerprint density at radius 3 is 2.42 bits per heavy atom. The van der Waals surface area contributed by atoms with Gasteiger partial charge < -0.3 is 15.1 Å². The van der Waals surface area contributed by atoms with Crippen molar-refractivity contribution < 1.29 is 9.72 Å². The number of aryl methyl sites for hydroxylation is 1. The van der Waals surface area contributed by atoms with E-state index in [1.807, 2.05) is 32.0 Å². The van der Waals surface area contributed by atoms with Crippen molar-refractivity contribution >= 4 is 45.9 Å². The first kappa shape index (κ1) is 22.9. The minimum Gasteiger partial charge on any atom is -0.366 e. The number of fused-ring (bicyclic) bond motifs is 1. The fourth-order valence-corrected chi connectivity index (χ4v) is 4.28. The molecule has 1 amide bonds. The summed E-state index contributed by atoms with van der Waals surface area (Å²) in [6.45, 7) is 5.61. The van der Waals surface area contributed by atoms with Gasteiger partial charge in [-0.25, -0.2) is 0 Å². The van der Waals surface area contributed by atoms with Crippen LogP contribution in [0, 0.1) is 10.1 Å². The van der Waals surface area contributed by atoms with E-state index in [0.717, 1.165) is 49.3 Å². The summed E-state index contributed by atoms with van der Waals surface area (Å²) in [5.74, 6) is 0.114. The maximum absolute atomic E-state index is 11.9. The van der Waals surface area contributed by atoms with Crippen LogP contribution in [0.25, 0.3) is 0 Å². The van der Waals surface area contributed by atoms with Crippen LogP contribution >= 0.6 is 11.6 Å². The summed E-state index contributed by atoms with van der Waals surface area (Å²) in [7, 11) is 1.78. The van der Waals surface area contributed by atoms with Crippen molar-refractivity contribution in [1.29, 1.82) is 0 Å². The molecule has 0 radical (unpaired) electrons. The van der Waals surface area contributed by atoms with Crippen LogP contribution in [0.5, 0.6) is 0 Å². The van der Waals surface area contributed by atoms with Crippen molar-refractivity contribution in [3.8, 4) is 0 Å². The second-order valence-electron chi connectivity index (χ2n) is 7.55. The lowest BCUT2D eigenvalue weighted by Gasteiger charge is -2.29. The van der Waals surface area contributed by atoms with Crippen LogP contribution in [0.15, 0.2) is 30.3 Å². The molecular formula is C23H29ClN4O3. The SMILES string of the molecule is CC.CN1C(=O)CCc2cc(Nc3cc(N4CCCCC4)c([N+](=O)[O-])cc3Cl)ccc21. The summed E-state index contributed by atoms with van der Waals surface area (Å²) in [5.41, 5.74) is 4.12. The topological polar surface area (TPSA) is 78.7 Å². The molecule has 0 spiro atoms. The van der Waals surface area contributed by atoms with Gasteiger partial charge in [-0.1, -0.05) is 25.4 Å². The lowest BCUT2D eigenvalue weighted by Crippen LogP contribution is -2.31. The third kappa shape index (κ3) is 4.93.